The van der Waals surface area contributed by atoms with E-state index in [9.17, 15) is 4.79 Å². The lowest BCUT2D eigenvalue weighted by Gasteiger charge is -2.22. The number of carbonyl (C=O) groups is 1. The van der Waals surface area contributed by atoms with Gasteiger partial charge in [0.2, 0.25) is 6.41 Å². The number of nitrogens with zero attached hydrogens (tertiary/aromatic N) is 4. The predicted octanol–water partition coefficient (Wildman–Crippen LogP) is 3.71. The molecule has 3 aromatic rings. The molecule has 1 unspecified atom stereocenters. The molecule has 6 nitrogen and oxygen atoms in total. The number of amides is 1. The smallest absolute Gasteiger partial charge is 0.215 e. The van der Waals surface area contributed by atoms with E-state index in [1.165, 1.54) is 25.9 Å². The number of rotatable bonds is 8. The average molecular weight is 377 g/mol. The zero-order chi connectivity index (χ0) is 19.3. The standard InChI is InChI=1S/C22H27N5O/c1-17(8-12-26-10-2-3-11-26)15-27(16-28)22-14-21(24-25-22)19-6-7-20-18(13-19)5-4-9-23-20/h4-7,9,13-14,16-17H,2-3,8,10-12,15H2,1H3,(H,24,25). The fraction of sp³-hybridized carbons (Fsp3) is 0.409. The van der Waals surface area contributed by atoms with Crippen LogP contribution in [0.2, 0.25) is 0 Å². The zero-order valence-corrected chi connectivity index (χ0v) is 16.3. The summed E-state index contributed by atoms with van der Waals surface area (Å²) in [6.45, 7) is 6.44. The van der Waals surface area contributed by atoms with Gasteiger partial charge >= 0.3 is 0 Å². The van der Waals surface area contributed by atoms with Crippen LogP contribution in [-0.4, -0.2) is 52.7 Å². The van der Waals surface area contributed by atoms with Crippen molar-refractivity contribution in [1.82, 2.24) is 20.1 Å². The van der Waals surface area contributed by atoms with E-state index in [0.29, 0.717) is 18.3 Å². The minimum Gasteiger partial charge on any atom is -0.303 e. The van der Waals surface area contributed by atoms with Crippen molar-refractivity contribution in [2.75, 3.05) is 31.1 Å². The SMILES string of the molecule is CC(CCN1CCCC1)CN(C=O)c1cc(-c2ccc3ncccc3c2)[nH]n1. The summed E-state index contributed by atoms with van der Waals surface area (Å²) in [6.07, 6.45) is 6.41. The summed E-state index contributed by atoms with van der Waals surface area (Å²) < 4.78 is 0. The van der Waals surface area contributed by atoms with Crippen LogP contribution in [0, 0.1) is 5.92 Å². The number of likely N-dealkylation sites (tertiary alicyclic amines) is 1. The van der Waals surface area contributed by atoms with Gasteiger partial charge < -0.3 is 4.90 Å². The van der Waals surface area contributed by atoms with E-state index in [-0.39, 0.29) is 0 Å². The molecule has 1 N–H and O–H groups in total. The first-order chi connectivity index (χ1) is 13.7. The van der Waals surface area contributed by atoms with Gasteiger partial charge in [0.05, 0.1) is 11.2 Å². The van der Waals surface area contributed by atoms with Crippen LogP contribution in [0.5, 0.6) is 0 Å². The maximum Gasteiger partial charge on any atom is 0.215 e. The molecule has 2 aromatic heterocycles. The second-order valence-electron chi connectivity index (χ2n) is 7.75. The molecule has 1 amide bonds. The molecule has 0 spiro atoms. The van der Waals surface area contributed by atoms with Crippen LogP contribution < -0.4 is 4.90 Å². The van der Waals surface area contributed by atoms with Gasteiger partial charge in [-0.1, -0.05) is 19.1 Å². The number of aromatic amines is 1. The Labute approximate surface area is 165 Å². The normalized spacial score (nSPS) is 15.8. The van der Waals surface area contributed by atoms with Crippen molar-refractivity contribution in [3.63, 3.8) is 0 Å². The molecule has 146 valence electrons. The molecule has 1 saturated heterocycles. The first kappa shape index (κ1) is 18.6. The van der Waals surface area contributed by atoms with Crippen molar-refractivity contribution in [2.45, 2.75) is 26.2 Å². The average Bonchev–Trinajstić information content (AvgIpc) is 3.42. The number of fused-ring (bicyclic) bond motifs is 1. The Kier molecular flexibility index (Phi) is 5.67. The highest BCUT2D eigenvalue weighted by Gasteiger charge is 2.17. The summed E-state index contributed by atoms with van der Waals surface area (Å²) in [5.41, 5.74) is 2.90. The van der Waals surface area contributed by atoms with Gasteiger partial charge in [0.1, 0.15) is 0 Å². The Morgan fingerprint density at radius 2 is 2.11 bits per heavy atom. The number of anilines is 1. The number of benzene rings is 1. The Hall–Kier alpha value is -2.73. The maximum atomic E-state index is 11.7. The van der Waals surface area contributed by atoms with Crippen molar-refractivity contribution in [2.24, 2.45) is 5.92 Å². The van der Waals surface area contributed by atoms with Gasteiger partial charge in [0.25, 0.3) is 0 Å². The molecule has 1 aliphatic rings. The summed E-state index contributed by atoms with van der Waals surface area (Å²) in [5, 5.41) is 8.53. The molecule has 3 heterocycles. The molecule has 1 atom stereocenters. The molecule has 1 fully saturated rings. The third-order valence-corrected chi connectivity index (χ3v) is 5.55. The highest BCUT2D eigenvalue weighted by Crippen LogP contribution is 2.25. The molecular formula is C22H27N5O. The fourth-order valence-electron chi connectivity index (χ4n) is 3.88. The summed E-state index contributed by atoms with van der Waals surface area (Å²) in [6, 6.07) is 12.0. The Balaban J connectivity index is 1.42. The minimum atomic E-state index is 0.428. The Bertz CT molecular complexity index is 931. The summed E-state index contributed by atoms with van der Waals surface area (Å²) in [7, 11) is 0. The molecule has 4 rings (SSSR count). The molecule has 0 radical (unpaired) electrons. The lowest BCUT2D eigenvalue weighted by Crippen LogP contribution is -2.30. The van der Waals surface area contributed by atoms with Gasteiger partial charge in [0, 0.05) is 29.8 Å². The van der Waals surface area contributed by atoms with Crippen LogP contribution in [0.15, 0.2) is 42.6 Å². The lowest BCUT2D eigenvalue weighted by atomic mass is 10.1. The maximum absolute atomic E-state index is 11.7. The molecule has 0 bridgehead atoms. The van der Waals surface area contributed by atoms with E-state index in [1.807, 2.05) is 30.3 Å². The van der Waals surface area contributed by atoms with Gasteiger partial charge in [-0.2, -0.15) is 5.10 Å². The van der Waals surface area contributed by atoms with E-state index < -0.39 is 0 Å². The van der Waals surface area contributed by atoms with E-state index in [4.69, 9.17) is 0 Å². The molecule has 0 saturated carbocycles. The number of hydrogen-bond donors (Lipinski definition) is 1. The first-order valence-electron chi connectivity index (χ1n) is 10.1. The number of H-pyrrole nitrogens is 1. The van der Waals surface area contributed by atoms with Gasteiger partial charge in [0.15, 0.2) is 5.82 Å². The third-order valence-electron chi connectivity index (χ3n) is 5.55. The van der Waals surface area contributed by atoms with Crippen LogP contribution in [-0.2, 0) is 4.79 Å². The first-order valence-corrected chi connectivity index (χ1v) is 10.1. The molecular weight excluding hydrogens is 350 g/mol. The molecule has 6 heteroatoms. The number of pyridine rings is 1. The summed E-state index contributed by atoms with van der Waals surface area (Å²) in [4.78, 5) is 20.3. The highest BCUT2D eigenvalue weighted by atomic mass is 16.1. The van der Waals surface area contributed by atoms with E-state index >= 15 is 0 Å². The van der Waals surface area contributed by atoms with Crippen molar-refractivity contribution in [3.05, 3.63) is 42.6 Å². The van der Waals surface area contributed by atoms with Crippen LogP contribution in [0.3, 0.4) is 0 Å². The van der Waals surface area contributed by atoms with Crippen LogP contribution in [0.25, 0.3) is 22.2 Å². The topological polar surface area (TPSA) is 65.1 Å². The summed E-state index contributed by atoms with van der Waals surface area (Å²) >= 11 is 0. The van der Waals surface area contributed by atoms with Gasteiger partial charge in [-0.3, -0.25) is 19.8 Å². The molecule has 1 aliphatic heterocycles. The van der Waals surface area contributed by atoms with Crippen LogP contribution >= 0.6 is 0 Å². The monoisotopic (exact) mass is 377 g/mol. The largest absolute Gasteiger partial charge is 0.303 e. The quantitative estimate of drug-likeness (QED) is 0.608. The lowest BCUT2D eigenvalue weighted by molar-refractivity contribution is -0.107. The second kappa shape index (κ2) is 8.52. The Morgan fingerprint density at radius 1 is 1.25 bits per heavy atom. The number of hydrogen-bond acceptors (Lipinski definition) is 4. The fourth-order valence-corrected chi connectivity index (χ4v) is 3.88. The van der Waals surface area contributed by atoms with E-state index in [1.54, 1.807) is 11.1 Å². The highest BCUT2D eigenvalue weighted by molar-refractivity contribution is 5.84. The predicted molar refractivity (Wildman–Crippen MR) is 112 cm³/mol. The van der Waals surface area contributed by atoms with Crippen LogP contribution in [0.4, 0.5) is 5.82 Å². The van der Waals surface area contributed by atoms with Gasteiger partial charge in [-0.05, 0) is 63.0 Å². The molecule has 1 aromatic carbocycles. The van der Waals surface area contributed by atoms with Crippen molar-refractivity contribution < 1.29 is 4.79 Å². The Morgan fingerprint density at radius 3 is 2.93 bits per heavy atom. The van der Waals surface area contributed by atoms with Crippen molar-refractivity contribution in [3.8, 4) is 11.3 Å². The minimum absolute atomic E-state index is 0.428. The number of carbonyl (C=O) groups excluding carboxylic acids is 1. The zero-order valence-electron chi connectivity index (χ0n) is 16.3. The van der Waals surface area contributed by atoms with Crippen LogP contribution in [0.1, 0.15) is 26.2 Å². The number of aromatic nitrogens is 3. The van der Waals surface area contributed by atoms with Gasteiger partial charge in [-0.25, -0.2) is 0 Å². The summed E-state index contributed by atoms with van der Waals surface area (Å²) in [5.74, 6) is 1.10. The third kappa shape index (κ3) is 4.22. The molecule has 28 heavy (non-hydrogen) atoms. The van der Waals surface area contributed by atoms with Crippen molar-refractivity contribution >= 4 is 23.1 Å². The van der Waals surface area contributed by atoms with E-state index in [2.05, 4.69) is 33.1 Å². The second-order valence-corrected chi connectivity index (χ2v) is 7.75. The molecule has 0 aliphatic carbocycles. The van der Waals surface area contributed by atoms with E-state index in [0.717, 1.165) is 41.5 Å². The van der Waals surface area contributed by atoms with Gasteiger partial charge in [-0.15, -0.1) is 0 Å². The van der Waals surface area contributed by atoms with Crippen molar-refractivity contribution in [1.29, 1.82) is 0 Å². The number of nitrogens with one attached hydrogen (secondary N) is 1.